The van der Waals surface area contributed by atoms with Crippen molar-refractivity contribution in [2.45, 2.75) is 6.29 Å². The molecule has 7 heteroatoms. The Balaban J connectivity index is 1.99. The van der Waals surface area contributed by atoms with Crippen molar-refractivity contribution in [3.8, 4) is 0 Å². The van der Waals surface area contributed by atoms with Crippen molar-refractivity contribution >= 4 is 17.8 Å². The second kappa shape index (κ2) is 6.16. The Labute approximate surface area is 115 Å². The molecular weight excluding hydrogens is 264 g/mol. The number of hydrogen-bond acceptors (Lipinski definition) is 6. The normalized spacial score (nSPS) is 15.7. The van der Waals surface area contributed by atoms with E-state index < -0.39 is 18.2 Å². The second-order valence-corrected chi connectivity index (χ2v) is 4.19. The summed E-state index contributed by atoms with van der Waals surface area (Å²) < 4.78 is 4.88. The molecule has 1 atom stereocenters. The van der Waals surface area contributed by atoms with Crippen LogP contribution in [0.4, 0.5) is 0 Å². The fourth-order valence-electron chi connectivity index (χ4n) is 1.83. The van der Waals surface area contributed by atoms with Crippen LogP contribution in [0.1, 0.15) is 11.9 Å². The minimum absolute atomic E-state index is 0.0672. The van der Waals surface area contributed by atoms with Gasteiger partial charge in [-0.05, 0) is 0 Å². The van der Waals surface area contributed by atoms with Crippen LogP contribution in [0.25, 0.3) is 0 Å². The fraction of sp³-hybridized carbons (Fsp3) is 0.308. The first kappa shape index (κ1) is 14.0. The lowest BCUT2D eigenvalue weighted by Crippen LogP contribution is -2.38. The molecule has 0 aliphatic carbocycles. The van der Waals surface area contributed by atoms with Gasteiger partial charge in [0, 0.05) is 12.1 Å². The van der Waals surface area contributed by atoms with Crippen LogP contribution < -0.4 is 0 Å². The minimum atomic E-state index is -1.40. The number of aliphatic hydroxyl groups is 1. The van der Waals surface area contributed by atoms with Gasteiger partial charge in [-0.1, -0.05) is 30.3 Å². The number of hydrogen-bond donors (Lipinski definition) is 2. The number of carbonyl (C=O) groups is 2. The molecule has 1 heterocycles. The number of aliphatic imine (C=N–C) groups is 1. The summed E-state index contributed by atoms with van der Waals surface area (Å²) in [7, 11) is 0. The highest BCUT2D eigenvalue weighted by atomic mass is 16.6. The number of carboxylic acid groups (broad SMARTS) is 1. The number of benzene rings is 1. The van der Waals surface area contributed by atoms with Gasteiger partial charge in [-0.2, -0.15) is 0 Å². The molecule has 1 aromatic rings. The summed E-state index contributed by atoms with van der Waals surface area (Å²) in [5.41, 5.74) is 0.434. The summed E-state index contributed by atoms with van der Waals surface area (Å²) in [6.07, 6.45) is -1.40. The topological polar surface area (TPSA) is 99.4 Å². The number of aliphatic hydroxyl groups excluding tert-OH is 1. The Morgan fingerprint density at radius 1 is 1.35 bits per heavy atom. The predicted octanol–water partition coefficient (Wildman–Crippen LogP) is 0.0194. The van der Waals surface area contributed by atoms with E-state index in [0.717, 1.165) is 0 Å². The first-order valence-corrected chi connectivity index (χ1v) is 6.03. The summed E-state index contributed by atoms with van der Waals surface area (Å²) >= 11 is 0. The summed E-state index contributed by atoms with van der Waals surface area (Å²) in [6.45, 7) is 0.354. The standard InChI is InChI=1S/C13H14N2O5/c16-10(17)8-15-7-6-14-11(15)13(19)20-12(18)9-4-2-1-3-5-9/h1-5,12,18H,6-8H2,(H,16,17). The van der Waals surface area contributed by atoms with Crippen molar-refractivity contribution < 1.29 is 24.5 Å². The molecule has 0 radical (unpaired) electrons. The summed E-state index contributed by atoms with van der Waals surface area (Å²) in [4.78, 5) is 27.8. The molecule has 0 saturated heterocycles. The predicted molar refractivity (Wildman–Crippen MR) is 69.0 cm³/mol. The van der Waals surface area contributed by atoms with E-state index in [9.17, 15) is 14.7 Å². The second-order valence-electron chi connectivity index (χ2n) is 4.19. The number of amidine groups is 1. The molecule has 0 bridgehead atoms. The molecule has 0 amide bonds. The van der Waals surface area contributed by atoms with E-state index in [2.05, 4.69) is 4.99 Å². The van der Waals surface area contributed by atoms with Gasteiger partial charge in [0.05, 0.1) is 6.54 Å². The van der Waals surface area contributed by atoms with Crippen molar-refractivity contribution in [1.29, 1.82) is 0 Å². The van der Waals surface area contributed by atoms with Crippen molar-refractivity contribution in [3.63, 3.8) is 0 Å². The summed E-state index contributed by atoms with van der Waals surface area (Å²) in [5.74, 6) is -1.96. The van der Waals surface area contributed by atoms with Gasteiger partial charge in [0.1, 0.15) is 6.54 Å². The molecular formula is C13H14N2O5. The Morgan fingerprint density at radius 3 is 2.70 bits per heavy atom. The van der Waals surface area contributed by atoms with E-state index in [1.807, 2.05) is 0 Å². The van der Waals surface area contributed by atoms with Crippen molar-refractivity contribution in [2.24, 2.45) is 4.99 Å². The summed E-state index contributed by atoms with van der Waals surface area (Å²) in [5, 5.41) is 18.5. The lowest BCUT2D eigenvalue weighted by atomic mass is 10.2. The third kappa shape index (κ3) is 3.33. The van der Waals surface area contributed by atoms with Crippen LogP contribution in [-0.4, -0.2) is 52.5 Å². The average molecular weight is 278 g/mol. The van der Waals surface area contributed by atoms with Crippen LogP contribution in [0.3, 0.4) is 0 Å². The minimum Gasteiger partial charge on any atom is -0.480 e. The highest BCUT2D eigenvalue weighted by molar-refractivity contribution is 6.36. The smallest absolute Gasteiger partial charge is 0.376 e. The molecule has 1 aliphatic rings. The molecule has 20 heavy (non-hydrogen) atoms. The first-order chi connectivity index (χ1) is 9.58. The van der Waals surface area contributed by atoms with E-state index in [-0.39, 0.29) is 12.4 Å². The van der Waals surface area contributed by atoms with E-state index >= 15 is 0 Å². The molecule has 1 unspecified atom stereocenters. The average Bonchev–Trinajstić information content (AvgIpc) is 2.87. The summed E-state index contributed by atoms with van der Waals surface area (Å²) in [6, 6.07) is 8.41. The molecule has 0 saturated carbocycles. The SMILES string of the molecule is O=C(O)CN1CCN=C1C(=O)OC(O)c1ccccc1. The zero-order valence-corrected chi connectivity index (χ0v) is 10.6. The molecule has 1 aliphatic heterocycles. The van der Waals surface area contributed by atoms with Gasteiger partial charge < -0.3 is 19.8 Å². The molecule has 106 valence electrons. The van der Waals surface area contributed by atoms with E-state index in [0.29, 0.717) is 18.7 Å². The van der Waals surface area contributed by atoms with Gasteiger partial charge in [-0.15, -0.1) is 0 Å². The highest BCUT2D eigenvalue weighted by Crippen LogP contribution is 2.15. The van der Waals surface area contributed by atoms with Crippen LogP contribution in [0.5, 0.6) is 0 Å². The van der Waals surface area contributed by atoms with Crippen LogP contribution in [0.2, 0.25) is 0 Å². The number of nitrogens with zero attached hydrogens (tertiary/aromatic N) is 2. The Bertz CT molecular complexity index is 529. The highest BCUT2D eigenvalue weighted by Gasteiger charge is 2.28. The van der Waals surface area contributed by atoms with Crippen LogP contribution in [-0.2, 0) is 14.3 Å². The van der Waals surface area contributed by atoms with Crippen LogP contribution in [0.15, 0.2) is 35.3 Å². The molecule has 2 N–H and O–H groups in total. The first-order valence-electron chi connectivity index (χ1n) is 6.03. The quantitative estimate of drug-likeness (QED) is 0.582. The van der Waals surface area contributed by atoms with E-state index in [1.54, 1.807) is 30.3 Å². The lowest BCUT2D eigenvalue weighted by molar-refractivity contribution is -0.161. The van der Waals surface area contributed by atoms with E-state index in [1.165, 1.54) is 4.90 Å². The largest absolute Gasteiger partial charge is 0.480 e. The van der Waals surface area contributed by atoms with E-state index in [4.69, 9.17) is 9.84 Å². The third-order valence-corrected chi connectivity index (χ3v) is 2.74. The van der Waals surface area contributed by atoms with Gasteiger partial charge in [-0.3, -0.25) is 9.79 Å². The van der Waals surface area contributed by atoms with Gasteiger partial charge in [0.15, 0.2) is 0 Å². The number of carbonyl (C=O) groups excluding carboxylic acids is 1. The van der Waals surface area contributed by atoms with Crippen molar-refractivity contribution in [1.82, 2.24) is 4.90 Å². The molecule has 0 spiro atoms. The fourth-order valence-corrected chi connectivity index (χ4v) is 1.83. The number of carboxylic acids is 1. The van der Waals surface area contributed by atoms with Gasteiger partial charge in [-0.25, -0.2) is 4.79 Å². The lowest BCUT2D eigenvalue weighted by Gasteiger charge is -2.18. The molecule has 0 fully saturated rings. The maximum Gasteiger partial charge on any atom is 0.376 e. The Kier molecular flexibility index (Phi) is 4.31. The third-order valence-electron chi connectivity index (χ3n) is 2.74. The Morgan fingerprint density at radius 2 is 2.05 bits per heavy atom. The molecule has 1 aromatic carbocycles. The monoisotopic (exact) mass is 278 g/mol. The maximum atomic E-state index is 11.9. The van der Waals surface area contributed by atoms with Gasteiger partial charge in [0.2, 0.25) is 12.1 Å². The maximum absolute atomic E-state index is 11.9. The molecule has 7 nitrogen and oxygen atoms in total. The van der Waals surface area contributed by atoms with Crippen LogP contribution >= 0.6 is 0 Å². The number of aliphatic carboxylic acids is 1. The molecule has 0 aromatic heterocycles. The number of rotatable bonds is 5. The van der Waals surface area contributed by atoms with Gasteiger partial charge in [0.25, 0.3) is 0 Å². The van der Waals surface area contributed by atoms with Crippen LogP contribution in [0, 0.1) is 0 Å². The zero-order chi connectivity index (χ0) is 14.5. The van der Waals surface area contributed by atoms with Gasteiger partial charge >= 0.3 is 11.9 Å². The molecule has 2 rings (SSSR count). The Hall–Kier alpha value is -2.41. The van der Waals surface area contributed by atoms with Crippen molar-refractivity contribution in [3.05, 3.63) is 35.9 Å². The number of ether oxygens (including phenoxy) is 1. The van der Waals surface area contributed by atoms with Crippen molar-refractivity contribution in [2.75, 3.05) is 19.6 Å². The number of esters is 1. The zero-order valence-electron chi connectivity index (χ0n) is 10.6.